The highest BCUT2D eigenvalue weighted by Crippen LogP contribution is 2.31. The third-order valence-corrected chi connectivity index (χ3v) is 5.13. The number of ether oxygens (including phenoxy) is 1. The third-order valence-electron chi connectivity index (χ3n) is 5.13. The summed E-state index contributed by atoms with van der Waals surface area (Å²) < 4.78 is 6.15. The maximum atomic E-state index is 13.4. The van der Waals surface area contributed by atoms with E-state index in [9.17, 15) is 4.79 Å². The Labute approximate surface area is 179 Å². The van der Waals surface area contributed by atoms with Crippen molar-refractivity contribution >= 4 is 18.4 Å². The van der Waals surface area contributed by atoms with Crippen LogP contribution in [0.3, 0.4) is 0 Å². The Hall–Kier alpha value is -2.62. The number of carbonyl (C=O) groups is 1. The van der Waals surface area contributed by atoms with Gasteiger partial charge in [-0.25, -0.2) is 0 Å². The van der Waals surface area contributed by atoms with Crippen molar-refractivity contribution in [3.63, 3.8) is 0 Å². The van der Waals surface area contributed by atoms with Crippen molar-refractivity contribution in [1.82, 2.24) is 4.90 Å². The van der Waals surface area contributed by atoms with E-state index in [4.69, 9.17) is 4.74 Å². The van der Waals surface area contributed by atoms with Crippen LogP contribution in [0.1, 0.15) is 35.6 Å². The molecule has 152 valence electrons. The van der Waals surface area contributed by atoms with Crippen LogP contribution in [-0.4, -0.2) is 31.0 Å². The molecule has 29 heavy (non-hydrogen) atoms. The average Bonchev–Trinajstić information content (AvgIpc) is 2.74. The zero-order valence-corrected chi connectivity index (χ0v) is 17.9. The quantitative estimate of drug-likeness (QED) is 0.484. The van der Waals surface area contributed by atoms with E-state index in [1.165, 1.54) is 0 Å². The molecule has 3 rings (SSSR count). The molecular formula is C25H28ClNO2. The normalized spacial score (nSPS) is 12.9. The monoisotopic (exact) mass is 409 g/mol. The van der Waals surface area contributed by atoms with Crippen LogP contribution in [0.2, 0.25) is 0 Å². The molecule has 0 N–H and O–H groups in total. The lowest BCUT2D eigenvalue weighted by Crippen LogP contribution is -2.35. The molecule has 0 saturated heterocycles. The SMILES string of the molecule is CC(C(OC(=O)C(c1ccccc1)c1ccccc1)c1ccccc1)N(C)C.Cl. The topological polar surface area (TPSA) is 29.5 Å². The van der Waals surface area contributed by atoms with Gasteiger partial charge >= 0.3 is 5.97 Å². The molecule has 0 heterocycles. The van der Waals surface area contributed by atoms with Gasteiger partial charge < -0.3 is 9.64 Å². The number of carbonyl (C=O) groups excluding carboxylic acids is 1. The molecule has 0 saturated carbocycles. The Kier molecular flexibility index (Phi) is 8.44. The maximum absolute atomic E-state index is 13.4. The third kappa shape index (κ3) is 5.69. The van der Waals surface area contributed by atoms with Crippen molar-refractivity contribution in [2.45, 2.75) is 25.0 Å². The number of esters is 1. The molecule has 0 radical (unpaired) electrons. The van der Waals surface area contributed by atoms with Crippen LogP contribution in [0.15, 0.2) is 91.0 Å². The molecule has 0 amide bonds. The zero-order chi connectivity index (χ0) is 19.9. The summed E-state index contributed by atoms with van der Waals surface area (Å²) in [6.45, 7) is 2.07. The summed E-state index contributed by atoms with van der Waals surface area (Å²) in [6, 6.07) is 29.6. The largest absolute Gasteiger partial charge is 0.455 e. The van der Waals surface area contributed by atoms with Crippen molar-refractivity contribution in [2.24, 2.45) is 0 Å². The summed E-state index contributed by atoms with van der Waals surface area (Å²) >= 11 is 0. The van der Waals surface area contributed by atoms with Gasteiger partial charge in [-0.05, 0) is 37.7 Å². The van der Waals surface area contributed by atoms with Crippen LogP contribution in [0, 0.1) is 0 Å². The highest BCUT2D eigenvalue weighted by Gasteiger charge is 2.30. The maximum Gasteiger partial charge on any atom is 0.318 e. The molecule has 0 fully saturated rings. The Morgan fingerprint density at radius 3 is 1.48 bits per heavy atom. The van der Waals surface area contributed by atoms with Crippen molar-refractivity contribution < 1.29 is 9.53 Å². The Bertz CT molecular complexity index is 830. The van der Waals surface area contributed by atoms with Gasteiger partial charge in [0.05, 0.1) is 0 Å². The van der Waals surface area contributed by atoms with E-state index in [0.29, 0.717) is 0 Å². The van der Waals surface area contributed by atoms with Crippen LogP contribution in [0.4, 0.5) is 0 Å². The second kappa shape index (κ2) is 10.8. The molecule has 0 bridgehead atoms. The lowest BCUT2D eigenvalue weighted by molar-refractivity contribution is -0.153. The van der Waals surface area contributed by atoms with E-state index in [1.807, 2.05) is 105 Å². The minimum absolute atomic E-state index is 0. The summed E-state index contributed by atoms with van der Waals surface area (Å²) in [4.78, 5) is 15.5. The van der Waals surface area contributed by atoms with Crippen molar-refractivity contribution in [2.75, 3.05) is 14.1 Å². The second-order valence-corrected chi connectivity index (χ2v) is 7.23. The fourth-order valence-corrected chi connectivity index (χ4v) is 3.31. The Morgan fingerprint density at radius 1 is 0.724 bits per heavy atom. The summed E-state index contributed by atoms with van der Waals surface area (Å²) in [5.74, 6) is -0.692. The summed E-state index contributed by atoms with van der Waals surface area (Å²) in [7, 11) is 4.00. The summed E-state index contributed by atoms with van der Waals surface area (Å²) in [6.07, 6.45) is -0.348. The van der Waals surface area contributed by atoms with Crippen molar-refractivity contribution in [3.8, 4) is 0 Å². The van der Waals surface area contributed by atoms with E-state index in [-0.39, 0.29) is 30.5 Å². The molecule has 0 aliphatic heterocycles. The molecule has 2 atom stereocenters. The molecule has 0 aromatic heterocycles. The van der Waals surface area contributed by atoms with Gasteiger partial charge in [0.25, 0.3) is 0 Å². The lowest BCUT2D eigenvalue weighted by Gasteiger charge is -2.31. The van der Waals surface area contributed by atoms with Crippen LogP contribution in [0.25, 0.3) is 0 Å². The highest BCUT2D eigenvalue weighted by atomic mass is 35.5. The molecule has 0 aliphatic carbocycles. The number of nitrogens with zero attached hydrogens (tertiary/aromatic N) is 1. The van der Waals surface area contributed by atoms with Gasteiger partial charge in [-0.1, -0.05) is 91.0 Å². The predicted octanol–water partition coefficient (Wildman–Crippen LogP) is 5.47. The Morgan fingerprint density at radius 2 is 1.10 bits per heavy atom. The fourth-order valence-electron chi connectivity index (χ4n) is 3.31. The Balaban J connectivity index is 0.00000300. The molecule has 3 aromatic rings. The predicted molar refractivity (Wildman–Crippen MR) is 120 cm³/mol. The fraction of sp³-hybridized carbons (Fsp3) is 0.240. The first kappa shape index (κ1) is 22.7. The molecule has 3 aromatic carbocycles. The van der Waals surface area contributed by atoms with Crippen LogP contribution < -0.4 is 0 Å². The first-order valence-electron chi connectivity index (χ1n) is 9.59. The first-order chi connectivity index (χ1) is 13.6. The van der Waals surface area contributed by atoms with Gasteiger partial charge in [0, 0.05) is 6.04 Å². The second-order valence-electron chi connectivity index (χ2n) is 7.23. The minimum Gasteiger partial charge on any atom is -0.455 e. The number of halogens is 1. The summed E-state index contributed by atoms with van der Waals surface area (Å²) in [5.41, 5.74) is 2.86. The molecule has 0 aliphatic rings. The van der Waals surface area contributed by atoms with Gasteiger partial charge in [0.2, 0.25) is 0 Å². The minimum atomic E-state index is -0.456. The number of benzene rings is 3. The molecule has 0 spiro atoms. The zero-order valence-electron chi connectivity index (χ0n) is 17.1. The summed E-state index contributed by atoms with van der Waals surface area (Å²) in [5, 5.41) is 0. The van der Waals surface area contributed by atoms with Crippen LogP contribution in [-0.2, 0) is 9.53 Å². The average molecular weight is 410 g/mol. The van der Waals surface area contributed by atoms with E-state index in [2.05, 4.69) is 11.8 Å². The highest BCUT2D eigenvalue weighted by molar-refractivity contribution is 5.85. The molecule has 4 heteroatoms. The van der Waals surface area contributed by atoms with Crippen molar-refractivity contribution in [3.05, 3.63) is 108 Å². The number of rotatable bonds is 7. The van der Waals surface area contributed by atoms with Gasteiger partial charge in [-0.15, -0.1) is 12.4 Å². The molecule has 3 nitrogen and oxygen atoms in total. The number of hydrogen-bond acceptors (Lipinski definition) is 3. The molecule has 2 unspecified atom stereocenters. The van der Waals surface area contributed by atoms with Gasteiger partial charge in [0.1, 0.15) is 12.0 Å². The first-order valence-corrected chi connectivity index (χ1v) is 9.59. The molecular weight excluding hydrogens is 382 g/mol. The van der Waals surface area contributed by atoms with Crippen molar-refractivity contribution in [1.29, 1.82) is 0 Å². The lowest BCUT2D eigenvalue weighted by atomic mass is 9.91. The van der Waals surface area contributed by atoms with Gasteiger partial charge in [0.15, 0.2) is 0 Å². The van der Waals surface area contributed by atoms with Crippen LogP contribution >= 0.6 is 12.4 Å². The number of likely N-dealkylation sites (N-methyl/N-ethyl adjacent to an activating group) is 1. The van der Waals surface area contributed by atoms with Gasteiger partial charge in [-0.2, -0.15) is 0 Å². The van der Waals surface area contributed by atoms with E-state index < -0.39 is 5.92 Å². The van der Waals surface area contributed by atoms with Crippen LogP contribution in [0.5, 0.6) is 0 Å². The standard InChI is InChI=1S/C25H27NO2.ClH/c1-19(26(2)3)24(22-17-11-6-12-18-22)28-25(27)23(20-13-7-4-8-14-20)21-15-9-5-10-16-21;/h4-19,23-24H,1-3H3;1H. The van der Waals surface area contributed by atoms with Gasteiger partial charge in [-0.3, -0.25) is 4.79 Å². The smallest absolute Gasteiger partial charge is 0.318 e. The number of hydrogen-bond donors (Lipinski definition) is 0. The van der Waals surface area contributed by atoms with E-state index in [0.717, 1.165) is 16.7 Å². The van der Waals surface area contributed by atoms with E-state index >= 15 is 0 Å². The van der Waals surface area contributed by atoms with E-state index in [1.54, 1.807) is 0 Å².